The van der Waals surface area contributed by atoms with Crippen LogP contribution in [0.3, 0.4) is 0 Å². The van der Waals surface area contributed by atoms with Gasteiger partial charge in [0, 0.05) is 35.4 Å². The second-order valence-electron chi connectivity index (χ2n) is 7.08. The summed E-state index contributed by atoms with van der Waals surface area (Å²) in [5.41, 5.74) is 8.55. The van der Waals surface area contributed by atoms with Gasteiger partial charge in [-0.25, -0.2) is 4.98 Å². The van der Waals surface area contributed by atoms with Crippen LogP contribution >= 0.6 is 0 Å². The zero-order valence-electron chi connectivity index (χ0n) is 16.4. The van der Waals surface area contributed by atoms with Gasteiger partial charge in [-0.05, 0) is 25.0 Å². The molecule has 158 valence electrons. The number of H-pyrrole nitrogens is 2. The lowest BCUT2D eigenvalue weighted by Gasteiger charge is -2.21. The number of hydrogen-bond donors (Lipinski definition) is 6. The van der Waals surface area contributed by atoms with Gasteiger partial charge in [-0.1, -0.05) is 18.2 Å². The number of nitrogens with one attached hydrogen (secondary N) is 4. The van der Waals surface area contributed by atoms with E-state index in [0.29, 0.717) is 5.69 Å². The van der Waals surface area contributed by atoms with Gasteiger partial charge in [-0.15, -0.1) is 0 Å². The molecule has 0 bridgehead atoms. The summed E-state index contributed by atoms with van der Waals surface area (Å²) in [6.07, 6.45) is 5.18. The van der Waals surface area contributed by atoms with Crippen LogP contribution in [0.4, 0.5) is 0 Å². The summed E-state index contributed by atoms with van der Waals surface area (Å²) < 4.78 is 0. The molecule has 2 aromatic heterocycles. The van der Waals surface area contributed by atoms with E-state index in [1.165, 1.54) is 19.4 Å². The van der Waals surface area contributed by atoms with Crippen LogP contribution in [-0.2, 0) is 27.2 Å². The molecule has 0 spiro atoms. The summed E-state index contributed by atoms with van der Waals surface area (Å²) in [6, 6.07) is 4.68. The predicted octanol–water partition coefficient (Wildman–Crippen LogP) is 0.0776. The third kappa shape index (κ3) is 5.03. The maximum absolute atomic E-state index is 12.7. The van der Waals surface area contributed by atoms with E-state index in [9.17, 15) is 14.4 Å². The minimum Gasteiger partial charge on any atom is -0.480 e. The van der Waals surface area contributed by atoms with E-state index in [0.717, 1.165) is 16.5 Å². The van der Waals surface area contributed by atoms with Gasteiger partial charge >= 0.3 is 5.97 Å². The first-order chi connectivity index (χ1) is 14.3. The van der Waals surface area contributed by atoms with Crippen LogP contribution in [0.1, 0.15) is 18.2 Å². The Labute approximate surface area is 172 Å². The van der Waals surface area contributed by atoms with Crippen LogP contribution < -0.4 is 16.4 Å². The summed E-state index contributed by atoms with van der Waals surface area (Å²) >= 11 is 0. The number of aromatic nitrogens is 3. The molecule has 10 heteroatoms. The minimum atomic E-state index is -1.17. The highest BCUT2D eigenvalue weighted by Crippen LogP contribution is 2.18. The molecule has 3 atom stereocenters. The van der Waals surface area contributed by atoms with Crippen molar-refractivity contribution in [2.24, 2.45) is 5.73 Å². The molecule has 0 fully saturated rings. The molecule has 30 heavy (non-hydrogen) atoms. The number of aromatic amines is 2. The molecular formula is C20H24N6O4. The molecule has 1 aromatic carbocycles. The Balaban J connectivity index is 1.69. The number of carboxylic acids is 1. The highest BCUT2D eigenvalue weighted by atomic mass is 16.4. The number of carbonyl (C=O) groups is 3. The molecule has 0 radical (unpaired) electrons. The van der Waals surface area contributed by atoms with Crippen molar-refractivity contribution >= 4 is 28.7 Å². The van der Waals surface area contributed by atoms with E-state index < -0.39 is 35.9 Å². The van der Waals surface area contributed by atoms with E-state index in [1.54, 1.807) is 6.20 Å². The van der Waals surface area contributed by atoms with Gasteiger partial charge < -0.3 is 31.4 Å². The standard InChI is InChI=1S/C20H24N6O4/c1-11(20(29)30)25-19(28)17(7-13-9-22-10-24-13)26-18(27)15(21)6-12-8-23-16-5-3-2-4-14(12)16/h2-5,8-11,15,17,23H,6-7,21H2,1H3,(H,22,24)(H,25,28)(H,26,27)(H,29,30)/t11-,15-,17-/m0/s1. The van der Waals surface area contributed by atoms with Crippen LogP contribution in [0.15, 0.2) is 43.0 Å². The summed E-state index contributed by atoms with van der Waals surface area (Å²) in [5.74, 6) is -2.30. The molecule has 0 aliphatic rings. The molecule has 3 aromatic rings. The van der Waals surface area contributed by atoms with Crippen molar-refractivity contribution in [3.05, 3.63) is 54.2 Å². The lowest BCUT2D eigenvalue weighted by atomic mass is 10.0. The average Bonchev–Trinajstić information content (AvgIpc) is 3.37. The van der Waals surface area contributed by atoms with Crippen molar-refractivity contribution in [1.82, 2.24) is 25.6 Å². The second kappa shape index (κ2) is 9.23. The fourth-order valence-corrected chi connectivity index (χ4v) is 3.11. The molecule has 0 saturated carbocycles. The molecule has 0 aliphatic carbocycles. The molecule has 2 amide bonds. The molecule has 0 aliphatic heterocycles. The second-order valence-corrected chi connectivity index (χ2v) is 7.08. The Morgan fingerprint density at radius 3 is 2.60 bits per heavy atom. The first kappa shape index (κ1) is 21.1. The number of carbonyl (C=O) groups excluding carboxylic acids is 2. The average molecular weight is 412 g/mol. The summed E-state index contributed by atoms with van der Waals surface area (Å²) in [5, 5.41) is 15.0. The Morgan fingerprint density at radius 1 is 1.13 bits per heavy atom. The van der Waals surface area contributed by atoms with Gasteiger partial charge in [-0.2, -0.15) is 0 Å². The van der Waals surface area contributed by atoms with Crippen molar-refractivity contribution in [1.29, 1.82) is 0 Å². The maximum atomic E-state index is 12.7. The van der Waals surface area contributed by atoms with E-state index in [-0.39, 0.29) is 12.8 Å². The number of rotatable bonds is 9. The van der Waals surface area contributed by atoms with Gasteiger partial charge in [0.2, 0.25) is 11.8 Å². The number of benzene rings is 1. The van der Waals surface area contributed by atoms with Gasteiger partial charge in [0.25, 0.3) is 0 Å². The Hall–Kier alpha value is -3.66. The fourth-order valence-electron chi connectivity index (χ4n) is 3.11. The van der Waals surface area contributed by atoms with Gasteiger partial charge in [0.05, 0.1) is 12.4 Å². The van der Waals surface area contributed by atoms with Crippen LogP contribution in [0.25, 0.3) is 10.9 Å². The SMILES string of the molecule is C[C@H](NC(=O)[C@H](Cc1cnc[nH]1)NC(=O)[C@@H](N)Cc1c[nH]c2ccccc12)C(=O)O. The number of aliphatic carboxylic acids is 1. The Morgan fingerprint density at radius 2 is 1.90 bits per heavy atom. The van der Waals surface area contributed by atoms with Crippen LogP contribution in [0.5, 0.6) is 0 Å². The number of imidazole rings is 1. The molecule has 7 N–H and O–H groups in total. The molecule has 2 heterocycles. The molecule has 10 nitrogen and oxygen atoms in total. The van der Waals surface area contributed by atoms with Crippen molar-refractivity contribution in [3.63, 3.8) is 0 Å². The predicted molar refractivity (Wildman–Crippen MR) is 109 cm³/mol. The van der Waals surface area contributed by atoms with Crippen LogP contribution in [0.2, 0.25) is 0 Å². The molecular weight excluding hydrogens is 388 g/mol. The van der Waals surface area contributed by atoms with E-state index in [2.05, 4.69) is 25.6 Å². The third-order valence-electron chi connectivity index (χ3n) is 4.79. The van der Waals surface area contributed by atoms with Crippen LogP contribution in [0, 0.1) is 0 Å². The first-order valence-corrected chi connectivity index (χ1v) is 9.46. The summed E-state index contributed by atoms with van der Waals surface area (Å²) in [6.45, 7) is 1.35. The number of carboxylic acid groups (broad SMARTS) is 1. The number of amides is 2. The van der Waals surface area contributed by atoms with Crippen molar-refractivity contribution in [2.45, 2.75) is 37.9 Å². The van der Waals surface area contributed by atoms with E-state index in [1.807, 2.05) is 24.3 Å². The lowest BCUT2D eigenvalue weighted by molar-refractivity contribution is -0.141. The number of hydrogen-bond acceptors (Lipinski definition) is 5. The topological polar surface area (TPSA) is 166 Å². The van der Waals surface area contributed by atoms with E-state index in [4.69, 9.17) is 10.8 Å². The van der Waals surface area contributed by atoms with Gasteiger partial charge in [0.15, 0.2) is 0 Å². The van der Waals surface area contributed by atoms with Gasteiger partial charge in [0.1, 0.15) is 12.1 Å². The highest BCUT2D eigenvalue weighted by molar-refractivity contribution is 5.92. The number of fused-ring (bicyclic) bond motifs is 1. The Kier molecular flexibility index (Phi) is 6.48. The molecule has 0 unspecified atom stereocenters. The number of para-hydroxylation sites is 1. The first-order valence-electron chi connectivity index (χ1n) is 9.46. The molecule has 0 saturated heterocycles. The van der Waals surface area contributed by atoms with Crippen molar-refractivity contribution in [2.75, 3.05) is 0 Å². The third-order valence-corrected chi connectivity index (χ3v) is 4.79. The monoisotopic (exact) mass is 412 g/mol. The minimum absolute atomic E-state index is 0.115. The zero-order valence-corrected chi connectivity index (χ0v) is 16.4. The zero-order chi connectivity index (χ0) is 21.7. The summed E-state index contributed by atoms with van der Waals surface area (Å²) in [4.78, 5) is 46.2. The smallest absolute Gasteiger partial charge is 0.325 e. The summed E-state index contributed by atoms with van der Waals surface area (Å²) in [7, 11) is 0. The van der Waals surface area contributed by atoms with Crippen molar-refractivity contribution in [3.8, 4) is 0 Å². The highest BCUT2D eigenvalue weighted by Gasteiger charge is 2.27. The van der Waals surface area contributed by atoms with Crippen molar-refractivity contribution < 1.29 is 19.5 Å². The van der Waals surface area contributed by atoms with Gasteiger partial charge in [-0.3, -0.25) is 14.4 Å². The molecule has 3 rings (SSSR count). The fraction of sp³-hybridized carbons (Fsp3) is 0.300. The number of nitrogens with two attached hydrogens (primary N) is 1. The largest absolute Gasteiger partial charge is 0.480 e. The lowest BCUT2D eigenvalue weighted by Crippen LogP contribution is -2.55. The maximum Gasteiger partial charge on any atom is 0.325 e. The van der Waals surface area contributed by atoms with E-state index >= 15 is 0 Å². The van der Waals surface area contributed by atoms with Crippen LogP contribution in [-0.4, -0.2) is 56.0 Å². The Bertz CT molecular complexity index is 1030. The normalized spacial score (nSPS) is 14.1. The number of nitrogens with zero attached hydrogens (tertiary/aromatic N) is 1. The quantitative estimate of drug-likeness (QED) is 0.291.